The smallest absolute Gasteiger partial charge is 0.0179 e. The first-order valence-electron chi connectivity index (χ1n) is 5.29. The zero-order valence-electron chi connectivity index (χ0n) is 9.34. The van der Waals surface area contributed by atoms with Crippen LogP contribution in [0.4, 0.5) is 0 Å². The molecule has 1 saturated heterocycles. The van der Waals surface area contributed by atoms with Crippen LogP contribution in [-0.4, -0.2) is 44.7 Å². The molecule has 1 atom stereocenters. The molecule has 0 aromatic heterocycles. The van der Waals surface area contributed by atoms with Gasteiger partial charge in [-0.25, -0.2) is 0 Å². The molecule has 1 fully saturated rings. The molecule has 0 bridgehead atoms. The summed E-state index contributed by atoms with van der Waals surface area (Å²) in [6.07, 6.45) is 3.77. The van der Waals surface area contributed by atoms with Crippen molar-refractivity contribution in [3.63, 3.8) is 0 Å². The summed E-state index contributed by atoms with van der Waals surface area (Å²) in [5.41, 5.74) is 5.58. The maximum atomic E-state index is 5.58. The van der Waals surface area contributed by atoms with Gasteiger partial charge in [-0.15, -0.1) is 0 Å². The molecule has 3 N–H and O–H groups in total. The topological polar surface area (TPSA) is 41.3 Å². The van der Waals surface area contributed by atoms with E-state index in [2.05, 4.69) is 24.2 Å². The van der Waals surface area contributed by atoms with Gasteiger partial charge < -0.3 is 16.0 Å². The molecule has 1 aliphatic rings. The molecule has 1 rings (SSSR count). The fourth-order valence-corrected chi connectivity index (χ4v) is 1.32. The van der Waals surface area contributed by atoms with Gasteiger partial charge >= 0.3 is 0 Å². The SMILES string of the molecule is CCCCNC.CN1CCC(N)C1. The van der Waals surface area contributed by atoms with Crippen molar-refractivity contribution in [1.29, 1.82) is 0 Å². The van der Waals surface area contributed by atoms with E-state index in [0.717, 1.165) is 13.1 Å². The van der Waals surface area contributed by atoms with Crippen LogP contribution < -0.4 is 11.1 Å². The maximum Gasteiger partial charge on any atom is 0.0179 e. The number of hydrogen-bond acceptors (Lipinski definition) is 3. The number of likely N-dealkylation sites (tertiary alicyclic amines) is 1. The van der Waals surface area contributed by atoms with Crippen LogP contribution in [0.5, 0.6) is 0 Å². The van der Waals surface area contributed by atoms with Crippen molar-refractivity contribution in [1.82, 2.24) is 10.2 Å². The van der Waals surface area contributed by atoms with Crippen LogP contribution in [-0.2, 0) is 0 Å². The number of nitrogens with zero attached hydrogens (tertiary/aromatic N) is 1. The molecule has 0 radical (unpaired) electrons. The van der Waals surface area contributed by atoms with E-state index in [1.54, 1.807) is 0 Å². The molecule has 0 amide bonds. The molecule has 13 heavy (non-hydrogen) atoms. The molecule has 3 nitrogen and oxygen atoms in total. The number of nitrogens with two attached hydrogens (primary N) is 1. The highest BCUT2D eigenvalue weighted by Gasteiger charge is 2.13. The van der Waals surface area contributed by atoms with Gasteiger partial charge in [0.25, 0.3) is 0 Å². The normalized spacial score (nSPS) is 22.6. The molecule has 0 aliphatic carbocycles. The van der Waals surface area contributed by atoms with Gasteiger partial charge in [-0.1, -0.05) is 13.3 Å². The first kappa shape index (κ1) is 12.9. The summed E-state index contributed by atoms with van der Waals surface area (Å²) < 4.78 is 0. The van der Waals surface area contributed by atoms with Crippen molar-refractivity contribution in [2.75, 3.05) is 33.7 Å². The number of rotatable bonds is 3. The van der Waals surface area contributed by atoms with Crippen LogP contribution in [0.15, 0.2) is 0 Å². The zero-order valence-corrected chi connectivity index (χ0v) is 9.34. The highest BCUT2D eigenvalue weighted by molar-refractivity contribution is 4.74. The molecule has 80 valence electrons. The van der Waals surface area contributed by atoms with Crippen LogP contribution >= 0.6 is 0 Å². The molecule has 1 aliphatic heterocycles. The Balaban J connectivity index is 0.000000226. The molecule has 3 heteroatoms. The van der Waals surface area contributed by atoms with Gasteiger partial charge in [-0.3, -0.25) is 0 Å². The molecular formula is C10H25N3. The predicted molar refractivity (Wildman–Crippen MR) is 58.9 cm³/mol. The van der Waals surface area contributed by atoms with Crippen molar-refractivity contribution in [2.45, 2.75) is 32.2 Å². The van der Waals surface area contributed by atoms with Gasteiger partial charge in [-0.2, -0.15) is 0 Å². The van der Waals surface area contributed by atoms with Crippen molar-refractivity contribution in [2.24, 2.45) is 5.73 Å². The second-order valence-corrected chi connectivity index (χ2v) is 3.77. The minimum Gasteiger partial charge on any atom is -0.326 e. The second kappa shape index (κ2) is 8.48. The first-order valence-corrected chi connectivity index (χ1v) is 5.29. The zero-order chi connectivity index (χ0) is 10.1. The van der Waals surface area contributed by atoms with Gasteiger partial charge in [0, 0.05) is 12.6 Å². The fourth-order valence-electron chi connectivity index (χ4n) is 1.32. The Morgan fingerprint density at radius 2 is 2.23 bits per heavy atom. The molecule has 1 unspecified atom stereocenters. The van der Waals surface area contributed by atoms with Crippen molar-refractivity contribution < 1.29 is 0 Å². The highest BCUT2D eigenvalue weighted by Crippen LogP contribution is 2.01. The van der Waals surface area contributed by atoms with Crippen LogP contribution in [0.2, 0.25) is 0 Å². The molecule has 0 saturated carbocycles. The summed E-state index contributed by atoms with van der Waals surface area (Å²) >= 11 is 0. The van der Waals surface area contributed by atoms with Crippen LogP contribution in [0, 0.1) is 0 Å². The Kier molecular flexibility index (Phi) is 8.40. The van der Waals surface area contributed by atoms with E-state index in [4.69, 9.17) is 5.73 Å². The molecule has 0 aromatic carbocycles. The van der Waals surface area contributed by atoms with E-state index in [-0.39, 0.29) is 0 Å². The minimum atomic E-state index is 0.449. The van der Waals surface area contributed by atoms with E-state index in [9.17, 15) is 0 Å². The standard InChI is InChI=1S/C5H12N2.C5H13N/c1-7-3-2-5(6)4-7;1-3-4-5-6-2/h5H,2-4,6H2,1H3;6H,3-5H2,1-2H3. The summed E-state index contributed by atoms with van der Waals surface area (Å²) in [7, 11) is 4.09. The lowest BCUT2D eigenvalue weighted by Gasteiger charge is -2.03. The summed E-state index contributed by atoms with van der Waals surface area (Å²) in [5.74, 6) is 0. The lowest BCUT2D eigenvalue weighted by molar-refractivity contribution is 0.411. The summed E-state index contributed by atoms with van der Waals surface area (Å²) in [6.45, 7) is 5.62. The number of unbranched alkanes of at least 4 members (excludes halogenated alkanes) is 1. The first-order chi connectivity index (χ1) is 6.20. The Bertz CT molecular complexity index is 94.3. The average Bonchev–Trinajstić information content (AvgIpc) is 2.47. The molecular weight excluding hydrogens is 162 g/mol. The predicted octanol–water partition coefficient (Wildman–Crippen LogP) is 0.655. The molecule has 0 aromatic rings. The summed E-state index contributed by atoms with van der Waals surface area (Å²) in [6, 6.07) is 0.449. The largest absolute Gasteiger partial charge is 0.326 e. The fraction of sp³-hybridized carbons (Fsp3) is 1.00. The Hall–Kier alpha value is -0.120. The second-order valence-electron chi connectivity index (χ2n) is 3.77. The van der Waals surface area contributed by atoms with Crippen LogP contribution in [0.3, 0.4) is 0 Å². The number of likely N-dealkylation sites (N-methyl/N-ethyl adjacent to an activating group) is 1. The third-order valence-corrected chi connectivity index (χ3v) is 2.21. The molecule has 1 heterocycles. The van der Waals surface area contributed by atoms with Crippen molar-refractivity contribution in [3.05, 3.63) is 0 Å². The number of hydrogen-bond donors (Lipinski definition) is 2. The molecule has 0 spiro atoms. The van der Waals surface area contributed by atoms with E-state index in [0.29, 0.717) is 6.04 Å². The lowest BCUT2D eigenvalue weighted by atomic mass is 10.3. The van der Waals surface area contributed by atoms with E-state index < -0.39 is 0 Å². The van der Waals surface area contributed by atoms with Crippen LogP contribution in [0.25, 0.3) is 0 Å². The highest BCUT2D eigenvalue weighted by atomic mass is 15.1. The van der Waals surface area contributed by atoms with Gasteiger partial charge in [0.2, 0.25) is 0 Å². The van der Waals surface area contributed by atoms with Crippen molar-refractivity contribution >= 4 is 0 Å². The monoisotopic (exact) mass is 187 g/mol. The van der Waals surface area contributed by atoms with Gasteiger partial charge in [0.15, 0.2) is 0 Å². The van der Waals surface area contributed by atoms with E-state index >= 15 is 0 Å². The minimum absolute atomic E-state index is 0.449. The van der Waals surface area contributed by atoms with Crippen LogP contribution in [0.1, 0.15) is 26.2 Å². The summed E-state index contributed by atoms with van der Waals surface area (Å²) in [5, 5.41) is 3.07. The quantitative estimate of drug-likeness (QED) is 0.638. The third kappa shape index (κ3) is 8.22. The Morgan fingerprint density at radius 1 is 1.54 bits per heavy atom. The van der Waals surface area contributed by atoms with Gasteiger partial charge in [0.05, 0.1) is 0 Å². The van der Waals surface area contributed by atoms with Gasteiger partial charge in [0.1, 0.15) is 0 Å². The van der Waals surface area contributed by atoms with E-state index in [1.807, 2.05) is 7.05 Å². The average molecular weight is 187 g/mol. The summed E-state index contributed by atoms with van der Waals surface area (Å²) in [4.78, 5) is 2.25. The third-order valence-electron chi connectivity index (χ3n) is 2.21. The number of nitrogens with one attached hydrogen (secondary N) is 1. The van der Waals surface area contributed by atoms with Gasteiger partial charge in [-0.05, 0) is 40.0 Å². The van der Waals surface area contributed by atoms with Crippen molar-refractivity contribution in [3.8, 4) is 0 Å². The Labute approximate surface area is 82.7 Å². The Morgan fingerprint density at radius 3 is 2.38 bits per heavy atom. The van der Waals surface area contributed by atoms with E-state index in [1.165, 1.54) is 25.8 Å². The lowest BCUT2D eigenvalue weighted by Crippen LogP contribution is -2.23. The maximum absolute atomic E-state index is 5.58.